The molecule has 0 aromatic carbocycles. The van der Waals surface area contributed by atoms with E-state index in [-0.39, 0.29) is 6.61 Å². The number of carbonyl (C=O) groups is 1. The van der Waals surface area contributed by atoms with E-state index >= 15 is 0 Å². The molecule has 2 atom stereocenters. The van der Waals surface area contributed by atoms with Crippen molar-refractivity contribution in [1.29, 1.82) is 0 Å². The smallest absolute Gasteiger partial charge is 0.365 e. The monoisotopic (exact) mass is 187 g/mol. The van der Waals surface area contributed by atoms with E-state index in [2.05, 4.69) is 5.80 Å². The van der Waals surface area contributed by atoms with Crippen molar-refractivity contribution in [3.63, 3.8) is 0 Å². The maximum Gasteiger partial charge on any atom is 0.365 e. The van der Waals surface area contributed by atoms with Crippen LogP contribution >= 0.6 is 8.19 Å². The Kier molecular flexibility index (Phi) is 3.29. The van der Waals surface area contributed by atoms with Gasteiger partial charge in [-0.2, -0.15) is 11.9 Å². The third-order valence-electron chi connectivity index (χ3n) is 1.46. The summed E-state index contributed by atoms with van der Waals surface area (Å²) in [6.45, 7) is -0.364. The van der Waals surface area contributed by atoms with Gasteiger partial charge in [-0.15, -0.1) is 0 Å². The zero-order chi connectivity index (χ0) is 8.97. The molecule has 0 saturated heterocycles. The Labute approximate surface area is 71.3 Å². The van der Waals surface area contributed by atoms with Crippen molar-refractivity contribution in [2.75, 3.05) is 6.61 Å². The van der Waals surface area contributed by atoms with Gasteiger partial charge in [0.2, 0.25) is 6.04 Å². The van der Waals surface area contributed by atoms with Gasteiger partial charge in [0.05, 0.1) is 0 Å². The summed E-state index contributed by atoms with van der Waals surface area (Å²) in [5, 5.41) is 18.8. The largest absolute Gasteiger partial charge is 0.477 e. The Hall–Kier alpha value is -0.830. The number of nitrogens with two attached hydrogens (primary N) is 1. The second kappa shape index (κ2) is 4.26. The van der Waals surface area contributed by atoms with Crippen molar-refractivity contribution >= 4 is 19.8 Å². The molecule has 1 aromatic rings. The highest BCUT2D eigenvalue weighted by atomic mass is 31.0. The predicted octanol–water partition coefficient (Wildman–Crippen LogP) is -0.842. The number of aliphatic carboxylic acids is 1. The standard InChI is InChI=1S/C7H9NO3P/c9-3-6(7(10)11)8-5-1-2-12-4-5/h1-2,6,8-9,12H,3H2,(H,10,11)/q-1/p+1/t6-/m0/s1. The minimum Gasteiger partial charge on any atom is -0.477 e. The Morgan fingerprint density at radius 3 is 3.00 bits per heavy atom. The zero-order valence-electron chi connectivity index (χ0n) is 6.32. The highest BCUT2D eigenvalue weighted by Gasteiger charge is 2.18. The molecule has 12 heavy (non-hydrogen) atoms. The first-order valence-electron chi connectivity index (χ1n) is 3.47. The first-order valence-corrected chi connectivity index (χ1v) is 4.55. The van der Waals surface area contributed by atoms with Gasteiger partial charge in [0.1, 0.15) is 6.61 Å². The summed E-state index contributed by atoms with van der Waals surface area (Å²) < 4.78 is 0. The normalized spacial score (nSPS) is 13.4. The summed E-state index contributed by atoms with van der Waals surface area (Å²) >= 11 is 0. The minimum absolute atomic E-state index is 0.364. The van der Waals surface area contributed by atoms with Gasteiger partial charge < -0.3 is 15.5 Å². The summed E-state index contributed by atoms with van der Waals surface area (Å²) in [4.78, 5) is 10.5. The lowest BCUT2D eigenvalue weighted by molar-refractivity contribution is -0.600. The van der Waals surface area contributed by atoms with Gasteiger partial charge >= 0.3 is 5.97 Å². The third kappa shape index (κ3) is 2.34. The highest BCUT2D eigenvalue weighted by molar-refractivity contribution is 7.28. The number of quaternary nitrogens is 1. The molecule has 0 aliphatic heterocycles. The molecule has 0 aliphatic carbocycles. The van der Waals surface area contributed by atoms with Crippen LogP contribution in [0.1, 0.15) is 0 Å². The fourth-order valence-corrected chi connectivity index (χ4v) is 1.49. The van der Waals surface area contributed by atoms with Crippen molar-refractivity contribution in [2.24, 2.45) is 0 Å². The second-order valence-corrected chi connectivity index (χ2v) is 3.22. The van der Waals surface area contributed by atoms with Crippen LogP contribution in [0.4, 0.5) is 5.69 Å². The highest BCUT2D eigenvalue weighted by Crippen LogP contribution is 2.09. The van der Waals surface area contributed by atoms with E-state index in [0.29, 0.717) is 8.19 Å². The molecule has 1 heterocycles. The van der Waals surface area contributed by atoms with Crippen molar-refractivity contribution in [3.05, 3.63) is 17.7 Å². The van der Waals surface area contributed by atoms with Crippen LogP contribution < -0.4 is 5.32 Å². The van der Waals surface area contributed by atoms with E-state index < -0.39 is 12.0 Å². The lowest BCUT2D eigenvalue weighted by Gasteiger charge is -2.08. The van der Waals surface area contributed by atoms with Gasteiger partial charge in [0, 0.05) is 5.69 Å². The molecule has 1 unspecified atom stereocenters. The average Bonchev–Trinajstić information content (AvgIpc) is 2.51. The molecule has 0 radical (unpaired) electrons. The number of aliphatic hydroxyl groups is 1. The van der Waals surface area contributed by atoms with E-state index in [0.717, 1.165) is 5.69 Å². The van der Waals surface area contributed by atoms with Gasteiger partial charge in [-0.3, -0.25) is 8.19 Å². The summed E-state index contributed by atoms with van der Waals surface area (Å²) in [7, 11) is 0.510. The number of rotatable bonds is 4. The molecule has 5 heteroatoms. The number of carboxylic acids is 1. The molecular weight excluding hydrogens is 177 g/mol. The second-order valence-electron chi connectivity index (χ2n) is 2.35. The molecule has 0 saturated carbocycles. The van der Waals surface area contributed by atoms with Gasteiger partial charge in [-0.05, 0) is 0 Å². The van der Waals surface area contributed by atoms with E-state index in [1.807, 2.05) is 11.9 Å². The van der Waals surface area contributed by atoms with Gasteiger partial charge in [0.15, 0.2) is 0 Å². The minimum atomic E-state index is -1.00. The number of hydrogen-bond donors (Lipinski definition) is 3. The van der Waals surface area contributed by atoms with Gasteiger partial charge in [-0.1, -0.05) is 5.80 Å². The summed E-state index contributed by atoms with van der Waals surface area (Å²) in [5.41, 5.74) is 0.773. The number of hydrogen-bond acceptors (Lipinski definition) is 2. The molecule has 0 amide bonds. The molecule has 66 valence electrons. The van der Waals surface area contributed by atoms with Crippen molar-refractivity contribution in [3.8, 4) is 0 Å². The molecule has 4 nitrogen and oxygen atoms in total. The molecule has 1 rings (SSSR count). The molecule has 1 aromatic heterocycles. The van der Waals surface area contributed by atoms with Crippen molar-refractivity contribution < 1.29 is 20.3 Å². The van der Waals surface area contributed by atoms with Gasteiger partial charge in [-0.25, -0.2) is 4.79 Å². The number of carboxylic acid groups (broad SMARTS) is 1. The fourth-order valence-electron chi connectivity index (χ4n) is 0.814. The lowest BCUT2D eigenvalue weighted by Crippen LogP contribution is -2.87. The summed E-state index contributed by atoms with van der Waals surface area (Å²) in [5.74, 6) is 3.89. The molecular formula is C7H10NO3P. The molecule has 0 bridgehead atoms. The van der Waals surface area contributed by atoms with Gasteiger partial charge in [0.25, 0.3) is 0 Å². The maximum atomic E-state index is 10.5. The van der Waals surface area contributed by atoms with E-state index in [1.165, 1.54) is 5.32 Å². The Morgan fingerprint density at radius 2 is 2.58 bits per heavy atom. The number of aliphatic hydroxyl groups excluding tert-OH is 1. The predicted molar refractivity (Wildman–Crippen MR) is 44.9 cm³/mol. The Bertz CT molecular complexity index is 247. The third-order valence-corrected chi connectivity index (χ3v) is 2.22. The van der Waals surface area contributed by atoms with E-state index in [4.69, 9.17) is 10.2 Å². The Balaban J connectivity index is 2.54. The van der Waals surface area contributed by atoms with Crippen LogP contribution in [0.3, 0.4) is 0 Å². The topological polar surface area (TPSA) is 74.1 Å². The van der Waals surface area contributed by atoms with Crippen molar-refractivity contribution in [1.82, 2.24) is 0 Å². The van der Waals surface area contributed by atoms with Crippen molar-refractivity contribution in [2.45, 2.75) is 6.04 Å². The van der Waals surface area contributed by atoms with E-state index in [1.54, 1.807) is 0 Å². The average molecular weight is 187 g/mol. The van der Waals surface area contributed by atoms with Crippen LogP contribution in [0.2, 0.25) is 0 Å². The maximum absolute atomic E-state index is 10.5. The molecule has 4 N–H and O–H groups in total. The van der Waals surface area contributed by atoms with Crippen LogP contribution in [-0.4, -0.2) is 28.8 Å². The van der Waals surface area contributed by atoms with Crippen LogP contribution in [-0.2, 0) is 4.79 Å². The quantitative estimate of drug-likeness (QED) is 0.538. The summed E-state index contributed by atoms with van der Waals surface area (Å²) in [6.07, 6.45) is 0. The van der Waals surface area contributed by atoms with Crippen LogP contribution in [0.25, 0.3) is 0 Å². The molecule has 0 aliphatic rings. The Morgan fingerprint density at radius 1 is 1.83 bits per heavy atom. The SMILES string of the molecule is O=C(O)[C@H](CO)[NH2+]c1[c-][pH]cc1. The lowest BCUT2D eigenvalue weighted by atomic mass is 10.3. The first-order chi connectivity index (χ1) is 5.74. The van der Waals surface area contributed by atoms with Crippen LogP contribution in [0, 0.1) is 5.80 Å². The van der Waals surface area contributed by atoms with Crippen LogP contribution in [0.15, 0.2) is 11.9 Å². The fraction of sp³-hybridized carbons (Fsp3) is 0.286. The zero-order valence-corrected chi connectivity index (χ0v) is 7.32. The first kappa shape index (κ1) is 9.26. The molecule has 0 fully saturated rings. The van der Waals surface area contributed by atoms with Crippen LogP contribution in [0.5, 0.6) is 0 Å². The van der Waals surface area contributed by atoms with E-state index in [9.17, 15) is 4.79 Å². The summed E-state index contributed by atoms with van der Waals surface area (Å²) in [6, 6.07) is 1.00. The molecule has 0 spiro atoms.